The fourth-order valence-electron chi connectivity index (χ4n) is 2.23. The summed E-state index contributed by atoms with van der Waals surface area (Å²) in [5.41, 5.74) is 2.97. The Morgan fingerprint density at radius 3 is 2.50 bits per heavy atom. The Morgan fingerprint density at radius 2 is 1.80 bits per heavy atom. The molecule has 0 aliphatic carbocycles. The minimum atomic E-state index is -0.558. The van der Waals surface area contributed by atoms with Crippen LogP contribution in [0.2, 0.25) is 0 Å². The number of rotatable bonds is 5. The van der Waals surface area contributed by atoms with Crippen LogP contribution in [0.5, 0.6) is 0 Å². The van der Waals surface area contributed by atoms with Crippen molar-refractivity contribution in [2.24, 2.45) is 0 Å². The Kier molecular flexibility index (Phi) is 5.13. The minimum Gasteiger partial charge on any atom is -0.207 e. The zero-order valence-corrected chi connectivity index (χ0v) is 12.1. The third-order valence-electron chi connectivity index (χ3n) is 3.44. The van der Waals surface area contributed by atoms with Gasteiger partial charge in [-0.05, 0) is 48.9 Å². The summed E-state index contributed by atoms with van der Waals surface area (Å²) in [7, 11) is 0. The monoisotopic (exact) mass is 294 g/mol. The molecule has 0 N–H and O–H groups in total. The molecule has 1 atom stereocenters. The summed E-state index contributed by atoms with van der Waals surface area (Å²) in [5, 5.41) is -0.158. The largest absolute Gasteiger partial charge is 0.207 e. The molecule has 2 aromatic rings. The van der Waals surface area contributed by atoms with Crippen LogP contribution in [0.3, 0.4) is 0 Å². The van der Waals surface area contributed by atoms with Gasteiger partial charge in [0.05, 0.1) is 0 Å². The van der Waals surface area contributed by atoms with Gasteiger partial charge in [0, 0.05) is 11.4 Å². The predicted molar refractivity (Wildman–Crippen MR) is 79.2 cm³/mol. The molecule has 0 amide bonds. The maximum absolute atomic E-state index is 13.5. The van der Waals surface area contributed by atoms with Crippen LogP contribution in [0.1, 0.15) is 23.1 Å². The zero-order valence-electron chi connectivity index (χ0n) is 11.4. The summed E-state index contributed by atoms with van der Waals surface area (Å²) >= 11 is 6.27. The van der Waals surface area contributed by atoms with Crippen LogP contribution in [0, 0.1) is 18.6 Å². The highest BCUT2D eigenvalue weighted by Crippen LogP contribution is 2.19. The van der Waals surface area contributed by atoms with E-state index in [1.54, 1.807) is 0 Å². The van der Waals surface area contributed by atoms with Gasteiger partial charge in [-0.1, -0.05) is 30.3 Å². The van der Waals surface area contributed by atoms with Crippen molar-refractivity contribution in [2.75, 3.05) is 0 Å². The Bertz CT molecular complexity index is 581. The molecule has 0 saturated heterocycles. The normalized spacial score (nSPS) is 12.4. The van der Waals surface area contributed by atoms with Gasteiger partial charge in [0.15, 0.2) is 0 Å². The fourth-order valence-corrected chi connectivity index (χ4v) is 2.51. The molecule has 2 aromatic carbocycles. The molecule has 1 unspecified atom stereocenters. The first kappa shape index (κ1) is 15.0. The SMILES string of the molecule is Cc1ccccc1CCC(Cl)Cc1ccc(F)cc1F. The number of hydrogen-bond donors (Lipinski definition) is 0. The van der Waals surface area contributed by atoms with Crippen molar-refractivity contribution in [2.45, 2.75) is 31.6 Å². The van der Waals surface area contributed by atoms with E-state index in [0.29, 0.717) is 12.0 Å². The Labute approximate surface area is 123 Å². The van der Waals surface area contributed by atoms with Gasteiger partial charge < -0.3 is 0 Å². The fraction of sp³-hybridized carbons (Fsp3) is 0.294. The Balaban J connectivity index is 1.92. The zero-order chi connectivity index (χ0) is 14.5. The van der Waals surface area contributed by atoms with Crippen LogP contribution >= 0.6 is 11.6 Å². The Hall–Kier alpha value is -1.41. The van der Waals surface area contributed by atoms with E-state index in [4.69, 9.17) is 11.6 Å². The van der Waals surface area contributed by atoms with Gasteiger partial charge in [0.25, 0.3) is 0 Å². The van der Waals surface area contributed by atoms with Crippen LogP contribution in [-0.2, 0) is 12.8 Å². The van der Waals surface area contributed by atoms with Gasteiger partial charge in [-0.2, -0.15) is 0 Å². The van der Waals surface area contributed by atoms with Crippen molar-refractivity contribution in [3.8, 4) is 0 Å². The quantitative estimate of drug-likeness (QED) is 0.677. The summed E-state index contributed by atoms with van der Waals surface area (Å²) in [6.45, 7) is 2.07. The van der Waals surface area contributed by atoms with E-state index < -0.39 is 11.6 Å². The van der Waals surface area contributed by atoms with E-state index in [1.807, 2.05) is 12.1 Å². The first-order chi connectivity index (χ1) is 9.56. The molecule has 0 spiro atoms. The van der Waals surface area contributed by atoms with Crippen LogP contribution in [0.25, 0.3) is 0 Å². The lowest BCUT2D eigenvalue weighted by Gasteiger charge is -2.11. The highest BCUT2D eigenvalue weighted by molar-refractivity contribution is 6.20. The van der Waals surface area contributed by atoms with Crippen molar-refractivity contribution in [1.82, 2.24) is 0 Å². The van der Waals surface area contributed by atoms with Gasteiger partial charge in [-0.15, -0.1) is 11.6 Å². The number of hydrogen-bond acceptors (Lipinski definition) is 0. The molecule has 0 aromatic heterocycles. The maximum atomic E-state index is 13.5. The predicted octanol–water partition coefficient (Wildman–Crippen LogP) is 5.06. The van der Waals surface area contributed by atoms with E-state index >= 15 is 0 Å². The molecule has 0 fully saturated rings. The summed E-state index contributed by atoms with van der Waals surface area (Å²) in [6, 6.07) is 11.8. The second-order valence-corrected chi connectivity index (χ2v) is 5.62. The van der Waals surface area contributed by atoms with E-state index in [0.717, 1.165) is 18.9 Å². The van der Waals surface area contributed by atoms with Crippen molar-refractivity contribution in [1.29, 1.82) is 0 Å². The lowest BCUT2D eigenvalue weighted by molar-refractivity contribution is 0.568. The molecule has 0 heterocycles. The van der Waals surface area contributed by atoms with Gasteiger partial charge in [-0.25, -0.2) is 8.78 Å². The second-order valence-electron chi connectivity index (χ2n) is 5.00. The average Bonchev–Trinajstić information content (AvgIpc) is 2.41. The molecule has 3 heteroatoms. The van der Waals surface area contributed by atoms with Gasteiger partial charge in [0.2, 0.25) is 0 Å². The third kappa shape index (κ3) is 4.04. The first-order valence-corrected chi connectivity index (χ1v) is 7.12. The van der Waals surface area contributed by atoms with E-state index in [9.17, 15) is 8.78 Å². The summed E-state index contributed by atoms with van der Waals surface area (Å²) in [4.78, 5) is 0. The number of benzene rings is 2. The number of halogens is 3. The van der Waals surface area contributed by atoms with E-state index in [2.05, 4.69) is 19.1 Å². The highest BCUT2D eigenvalue weighted by atomic mass is 35.5. The lowest BCUT2D eigenvalue weighted by atomic mass is 10.00. The first-order valence-electron chi connectivity index (χ1n) is 6.69. The van der Waals surface area contributed by atoms with E-state index in [1.165, 1.54) is 23.3 Å². The van der Waals surface area contributed by atoms with Crippen molar-refractivity contribution >= 4 is 11.6 Å². The minimum absolute atomic E-state index is 0.158. The second kappa shape index (κ2) is 6.85. The van der Waals surface area contributed by atoms with Gasteiger partial charge in [0.1, 0.15) is 11.6 Å². The standard InChI is InChI=1S/C17H17ClF2/c1-12-4-2-3-5-13(12)6-8-15(18)10-14-7-9-16(19)11-17(14)20/h2-5,7,9,11,15H,6,8,10H2,1H3. The molecule has 0 nitrogen and oxygen atoms in total. The summed E-state index contributed by atoms with van der Waals surface area (Å²) in [6.07, 6.45) is 2.05. The van der Waals surface area contributed by atoms with Crippen molar-refractivity contribution < 1.29 is 8.78 Å². The van der Waals surface area contributed by atoms with Gasteiger partial charge in [-0.3, -0.25) is 0 Å². The molecule has 0 bridgehead atoms. The molecule has 106 valence electrons. The number of aryl methyl sites for hydroxylation is 2. The Morgan fingerprint density at radius 1 is 1.05 bits per heavy atom. The van der Waals surface area contributed by atoms with Crippen molar-refractivity contribution in [3.05, 3.63) is 70.8 Å². The molecule has 0 radical (unpaired) electrons. The van der Waals surface area contributed by atoms with Gasteiger partial charge >= 0.3 is 0 Å². The van der Waals surface area contributed by atoms with Crippen LogP contribution in [0.15, 0.2) is 42.5 Å². The molecule has 20 heavy (non-hydrogen) atoms. The molecular weight excluding hydrogens is 278 g/mol. The summed E-state index contributed by atoms with van der Waals surface area (Å²) in [5.74, 6) is -1.08. The molecule has 0 aliphatic heterocycles. The lowest BCUT2D eigenvalue weighted by Crippen LogP contribution is -2.07. The molecular formula is C17H17ClF2. The third-order valence-corrected chi connectivity index (χ3v) is 3.82. The highest BCUT2D eigenvalue weighted by Gasteiger charge is 2.11. The smallest absolute Gasteiger partial charge is 0.129 e. The van der Waals surface area contributed by atoms with E-state index in [-0.39, 0.29) is 5.38 Å². The average molecular weight is 295 g/mol. The number of alkyl halides is 1. The summed E-state index contributed by atoms with van der Waals surface area (Å²) < 4.78 is 26.4. The van der Waals surface area contributed by atoms with Crippen LogP contribution in [0.4, 0.5) is 8.78 Å². The maximum Gasteiger partial charge on any atom is 0.129 e. The van der Waals surface area contributed by atoms with Crippen LogP contribution < -0.4 is 0 Å². The van der Waals surface area contributed by atoms with Crippen molar-refractivity contribution in [3.63, 3.8) is 0 Å². The molecule has 0 aliphatic rings. The molecule has 2 rings (SSSR count). The topological polar surface area (TPSA) is 0 Å². The molecule has 0 saturated carbocycles. The van der Waals surface area contributed by atoms with Crippen LogP contribution in [-0.4, -0.2) is 5.38 Å².